The molecule has 0 bridgehead atoms. The normalized spacial score (nSPS) is 24.9. The van der Waals surface area contributed by atoms with Crippen LogP contribution in [-0.2, 0) is 6.42 Å². The first kappa shape index (κ1) is 7.93. The van der Waals surface area contributed by atoms with Crippen molar-refractivity contribution in [3.63, 3.8) is 0 Å². The number of fused-ring (bicyclic) bond motifs is 1. The first-order valence-electron chi connectivity index (χ1n) is 4.16. The van der Waals surface area contributed by atoms with Gasteiger partial charge in [0.05, 0.1) is 11.8 Å². The molecule has 0 amide bonds. The molecule has 0 saturated carbocycles. The van der Waals surface area contributed by atoms with E-state index in [0.29, 0.717) is 6.42 Å². The summed E-state index contributed by atoms with van der Waals surface area (Å²) < 4.78 is 0. The van der Waals surface area contributed by atoms with Crippen molar-refractivity contribution in [1.82, 2.24) is 0 Å². The summed E-state index contributed by atoms with van der Waals surface area (Å²) in [5, 5.41) is 16.9. The molecule has 0 N–H and O–H groups in total. The topological polar surface area (TPSA) is 48.5 Å². The van der Waals surface area contributed by atoms with Crippen LogP contribution >= 0.6 is 0 Å². The highest BCUT2D eigenvalue weighted by molar-refractivity contribution is 5.48. The molecule has 1 aliphatic rings. The van der Waals surface area contributed by atoms with E-state index < -0.39 is 5.54 Å². The van der Waals surface area contributed by atoms with E-state index in [9.17, 15) is 0 Å². The lowest BCUT2D eigenvalue weighted by atomic mass is 9.93. The van der Waals surface area contributed by atoms with Gasteiger partial charge in [-0.3, -0.25) is 0 Å². The second kappa shape index (κ2) is 2.67. The van der Waals surface area contributed by atoms with Crippen LogP contribution < -0.4 is 0 Å². The third-order valence-corrected chi connectivity index (χ3v) is 2.15. The summed E-state index contributed by atoms with van der Waals surface area (Å²) in [6.45, 7) is 1.80. The first-order valence-corrected chi connectivity index (χ1v) is 4.16. The summed E-state index contributed by atoms with van der Waals surface area (Å²) in [7, 11) is 0. The van der Waals surface area contributed by atoms with Crippen molar-refractivity contribution in [2.45, 2.75) is 18.9 Å². The Labute approximate surface area is 76.7 Å². The number of azo groups is 1. The zero-order chi connectivity index (χ0) is 9.31. The average Bonchev–Trinajstić information content (AvgIpc) is 2.18. The molecule has 3 heteroatoms. The van der Waals surface area contributed by atoms with Gasteiger partial charge in [-0.1, -0.05) is 18.2 Å². The monoisotopic (exact) mass is 171 g/mol. The maximum Gasteiger partial charge on any atom is 0.169 e. The molecule has 0 radical (unpaired) electrons. The van der Waals surface area contributed by atoms with E-state index in [1.54, 1.807) is 6.92 Å². The molecule has 0 spiro atoms. The van der Waals surface area contributed by atoms with Crippen LogP contribution in [0.1, 0.15) is 12.5 Å². The van der Waals surface area contributed by atoms with Crippen LogP contribution in [0.2, 0.25) is 0 Å². The summed E-state index contributed by atoms with van der Waals surface area (Å²) in [4.78, 5) is 0. The SMILES string of the molecule is CC1(C#N)Cc2ccccc2N=N1. The molecule has 0 saturated heterocycles. The molecule has 13 heavy (non-hydrogen) atoms. The van der Waals surface area contributed by atoms with E-state index in [-0.39, 0.29) is 0 Å². The smallest absolute Gasteiger partial charge is 0.169 e. The van der Waals surface area contributed by atoms with Gasteiger partial charge in [0.25, 0.3) is 0 Å². The van der Waals surface area contributed by atoms with E-state index in [2.05, 4.69) is 16.3 Å². The van der Waals surface area contributed by atoms with Gasteiger partial charge in [0.2, 0.25) is 0 Å². The van der Waals surface area contributed by atoms with Crippen LogP contribution in [0.4, 0.5) is 5.69 Å². The summed E-state index contributed by atoms with van der Waals surface area (Å²) in [5.74, 6) is 0. The summed E-state index contributed by atoms with van der Waals surface area (Å²) in [5.41, 5.74) is 1.31. The summed E-state index contributed by atoms with van der Waals surface area (Å²) in [6.07, 6.45) is 0.656. The van der Waals surface area contributed by atoms with Crippen LogP contribution in [0.25, 0.3) is 0 Å². The maximum absolute atomic E-state index is 8.87. The minimum atomic E-state index is -0.672. The molecule has 0 aliphatic carbocycles. The first-order chi connectivity index (χ1) is 6.23. The molecule has 1 aromatic carbocycles. The largest absolute Gasteiger partial charge is 0.196 e. The lowest BCUT2D eigenvalue weighted by molar-refractivity contribution is 0.553. The molecule has 2 rings (SSSR count). The molecule has 1 aliphatic heterocycles. The van der Waals surface area contributed by atoms with Gasteiger partial charge in [-0.2, -0.15) is 15.5 Å². The molecule has 1 unspecified atom stereocenters. The highest BCUT2D eigenvalue weighted by atomic mass is 15.2. The third-order valence-electron chi connectivity index (χ3n) is 2.15. The quantitative estimate of drug-likeness (QED) is 0.591. The van der Waals surface area contributed by atoms with Gasteiger partial charge in [0.15, 0.2) is 5.54 Å². The van der Waals surface area contributed by atoms with Crippen molar-refractivity contribution >= 4 is 5.69 Å². The van der Waals surface area contributed by atoms with Crippen molar-refractivity contribution in [1.29, 1.82) is 5.26 Å². The zero-order valence-electron chi connectivity index (χ0n) is 7.36. The maximum atomic E-state index is 8.87. The number of hydrogen-bond donors (Lipinski definition) is 0. The Morgan fingerprint density at radius 3 is 3.00 bits per heavy atom. The number of benzene rings is 1. The number of nitriles is 1. The van der Waals surface area contributed by atoms with Gasteiger partial charge < -0.3 is 0 Å². The van der Waals surface area contributed by atoms with Crippen molar-refractivity contribution in [2.75, 3.05) is 0 Å². The van der Waals surface area contributed by atoms with Crippen LogP contribution in [0, 0.1) is 11.3 Å². The minimum Gasteiger partial charge on any atom is -0.196 e. The summed E-state index contributed by atoms with van der Waals surface area (Å²) in [6, 6.07) is 9.94. The Kier molecular flexibility index (Phi) is 1.63. The van der Waals surface area contributed by atoms with Crippen molar-refractivity contribution in [3.8, 4) is 6.07 Å². The van der Waals surface area contributed by atoms with Gasteiger partial charge in [-0.05, 0) is 18.6 Å². The number of rotatable bonds is 0. The van der Waals surface area contributed by atoms with E-state index in [1.807, 2.05) is 24.3 Å². The molecule has 1 heterocycles. The fraction of sp³-hybridized carbons (Fsp3) is 0.300. The molecular formula is C10H9N3. The van der Waals surface area contributed by atoms with Crippen molar-refractivity contribution in [2.24, 2.45) is 10.2 Å². The Balaban J connectivity index is 2.46. The van der Waals surface area contributed by atoms with E-state index in [0.717, 1.165) is 11.3 Å². The second-order valence-corrected chi connectivity index (χ2v) is 3.39. The minimum absolute atomic E-state index is 0.656. The van der Waals surface area contributed by atoms with Gasteiger partial charge in [0.1, 0.15) is 0 Å². The Hall–Kier alpha value is -1.69. The van der Waals surface area contributed by atoms with E-state index >= 15 is 0 Å². The van der Waals surface area contributed by atoms with Gasteiger partial charge in [-0.15, -0.1) is 0 Å². The van der Waals surface area contributed by atoms with Crippen LogP contribution in [0.15, 0.2) is 34.5 Å². The molecule has 0 aromatic heterocycles. The van der Waals surface area contributed by atoms with Crippen LogP contribution in [0.5, 0.6) is 0 Å². The fourth-order valence-corrected chi connectivity index (χ4v) is 1.39. The summed E-state index contributed by atoms with van der Waals surface area (Å²) >= 11 is 0. The lowest BCUT2D eigenvalue weighted by Gasteiger charge is -2.20. The number of hydrogen-bond acceptors (Lipinski definition) is 3. The molecule has 0 fully saturated rings. The Morgan fingerprint density at radius 1 is 1.46 bits per heavy atom. The van der Waals surface area contributed by atoms with Gasteiger partial charge >= 0.3 is 0 Å². The van der Waals surface area contributed by atoms with E-state index in [4.69, 9.17) is 5.26 Å². The van der Waals surface area contributed by atoms with Crippen LogP contribution in [0.3, 0.4) is 0 Å². The Morgan fingerprint density at radius 2 is 2.23 bits per heavy atom. The predicted octanol–water partition coefficient (Wildman–Crippen LogP) is 2.61. The zero-order valence-corrected chi connectivity index (χ0v) is 7.36. The van der Waals surface area contributed by atoms with Gasteiger partial charge in [0, 0.05) is 6.42 Å². The van der Waals surface area contributed by atoms with E-state index in [1.165, 1.54) is 0 Å². The molecule has 3 nitrogen and oxygen atoms in total. The molecular weight excluding hydrogens is 162 g/mol. The molecule has 1 aromatic rings. The van der Waals surface area contributed by atoms with Crippen molar-refractivity contribution in [3.05, 3.63) is 29.8 Å². The average molecular weight is 171 g/mol. The lowest BCUT2D eigenvalue weighted by Crippen LogP contribution is -2.24. The second-order valence-electron chi connectivity index (χ2n) is 3.39. The fourth-order valence-electron chi connectivity index (χ4n) is 1.39. The Bertz CT molecular complexity index is 403. The number of nitrogens with zero attached hydrogens (tertiary/aromatic N) is 3. The van der Waals surface area contributed by atoms with Crippen molar-refractivity contribution < 1.29 is 0 Å². The molecule has 1 atom stereocenters. The predicted molar refractivity (Wildman–Crippen MR) is 48.7 cm³/mol. The molecule has 64 valence electrons. The highest BCUT2D eigenvalue weighted by Crippen LogP contribution is 2.31. The van der Waals surface area contributed by atoms with Crippen LogP contribution in [-0.4, -0.2) is 5.54 Å². The van der Waals surface area contributed by atoms with Gasteiger partial charge in [-0.25, -0.2) is 0 Å². The standard InChI is InChI=1S/C10H9N3/c1-10(7-11)6-8-4-2-3-5-9(8)12-13-10/h2-5H,6H2,1H3. The highest BCUT2D eigenvalue weighted by Gasteiger charge is 2.28. The third kappa shape index (κ3) is 1.31.